The molecule has 0 aromatic heterocycles. The predicted molar refractivity (Wildman–Crippen MR) is 105 cm³/mol. The molecule has 0 saturated carbocycles. The molecule has 3 N–H and O–H groups in total. The van der Waals surface area contributed by atoms with Crippen LogP contribution in [0.15, 0.2) is 42.5 Å². The number of halogens is 1. The van der Waals surface area contributed by atoms with Gasteiger partial charge in [0.15, 0.2) is 0 Å². The number of hydrazine groups is 1. The highest BCUT2D eigenvalue weighted by Crippen LogP contribution is 2.22. The summed E-state index contributed by atoms with van der Waals surface area (Å²) in [5, 5.41) is 24.6. The Bertz CT molecular complexity index is 995. The summed E-state index contributed by atoms with van der Waals surface area (Å²) >= 11 is 5.91. The van der Waals surface area contributed by atoms with Crippen LogP contribution in [-0.4, -0.2) is 27.6 Å². The Hall–Kier alpha value is -4.06. The molecule has 0 aliphatic heterocycles. The average molecular weight is 436 g/mol. The third-order valence-corrected chi connectivity index (χ3v) is 3.96. The number of hydrogen-bond donors (Lipinski definition) is 3. The molecular weight excluding hydrogens is 422 g/mol. The number of nitro benzene ring substituents is 2. The van der Waals surface area contributed by atoms with E-state index in [4.69, 9.17) is 11.6 Å². The molecule has 2 rings (SSSR count). The number of nitrogens with one attached hydrogen (secondary N) is 3. The molecule has 0 spiro atoms. The summed E-state index contributed by atoms with van der Waals surface area (Å²) in [4.78, 5) is 55.7. The van der Waals surface area contributed by atoms with Crippen molar-refractivity contribution in [3.05, 3.63) is 73.3 Å². The maximum atomic E-state index is 12.1. The van der Waals surface area contributed by atoms with E-state index >= 15 is 0 Å². The van der Waals surface area contributed by atoms with Gasteiger partial charge in [-0.2, -0.15) is 0 Å². The third-order valence-electron chi connectivity index (χ3n) is 3.63. The molecule has 0 saturated heterocycles. The number of nitro groups is 2. The topological polar surface area (TPSA) is 174 Å². The summed E-state index contributed by atoms with van der Waals surface area (Å²) in [5.41, 5.74) is 2.67. The van der Waals surface area contributed by atoms with E-state index in [0.29, 0.717) is 16.8 Å². The Morgan fingerprint density at radius 2 is 1.43 bits per heavy atom. The quantitative estimate of drug-likeness (QED) is 0.441. The molecule has 0 heterocycles. The van der Waals surface area contributed by atoms with Gasteiger partial charge in [-0.25, -0.2) is 0 Å². The first-order valence-corrected chi connectivity index (χ1v) is 8.62. The zero-order valence-corrected chi connectivity index (χ0v) is 15.8. The maximum absolute atomic E-state index is 12.1. The van der Waals surface area contributed by atoms with Gasteiger partial charge in [0.1, 0.15) is 0 Å². The number of amides is 3. The number of carbonyl (C=O) groups is 3. The molecule has 3 amide bonds. The average Bonchev–Trinajstić information content (AvgIpc) is 2.71. The number of rotatable bonds is 7. The van der Waals surface area contributed by atoms with Crippen molar-refractivity contribution < 1.29 is 24.2 Å². The predicted octanol–water partition coefficient (Wildman–Crippen LogP) is 2.34. The minimum absolute atomic E-state index is 0.213. The Kier molecular flexibility index (Phi) is 7.36. The molecule has 0 radical (unpaired) electrons. The molecule has 0 bridgehead atoms. The van der Waals surface area contributed by atoms with Gasteiger partial charge < -0.3 is 5.32 Å². The fourth-order valence-corrected chi connectivity index (χ4v) is 2.38. The lowest BCUT2D eigenvalue weighted by Crippen LogP contribution is -2.41. The molecule has 30 heavy (non-hydrogen) atoms. The standard InChI is InChI=1S/C17H14ClN5O7/c18-13-3-1-2-4-14(13)19-15(24)5-6-16(25)20-21-17(26)10-7-11(22(27)28)9-12(8-10)23(29)30/h1-4,7-9H,5-6H2,(H,19,24)(H,20,25)(H,21,26). The van der Waals surface area contributed by atoms with Crippen LogP contribution in [-0.2, 0) is 9.59 Å². The van der Waals surface area contributed by atoms with Crippen LogP contribution in [0.2, 0.25) is 5.02 Å². The molecule has 2 aromatic rings. The molecular formula is C17H14ClN5O7. The van der Waals surface area contributed by atoms with E-state index < -0.39 is 44.5 Å². The van der Waals surface area contributed by atoms with Crippen LogP contribution in [0.5, 0.6) is 0 Å². The Morgan fingerprint density at radius 1 is 0.867 bits per heavy atom. The van der Waals surface area contributed by atoms with Crippen molar-refractivity contribution >= 4 is 46.4 Å². The number of para-hydroxylation sites is 1. The summed E-state index contributed by atoms with van der Waals surface area (Å²) in [6.07, 6.45) is -0.499. The van der Waals surface area contributed by atoms with Gasteiger partial charge in [0, 0.05) is 25.0 Å². The van der Waals surface area contributed by atoms with Crippen LogP contribution in [0, 0.1) is 20.2 Å². The van der Waals surface area contributed by atoms with Gasteiger partial charge in [0.05, 0.1) is 32.2 Å². The number of carbonyl (C=O) groups excluding carboxylic acids is 3. The first kappa shape index (κ1) is 22.2. The van der Waals surface area contributed by atoms with Gasteiger partial charge in [-0.1, -0.05) is 23.7 Å². The second-order valence-electron chi connectivity index (χ2n) is 5.78. The molecule has 0 fully saturated rings. The van der Waals surface area contributed by atoms with Crippen LogP contribution >= 0.6 is 11.6 Å². The summed E-state index contributed by atoms with van der Waals surface area (Å²) in [6.45, 7) is 0. The van der Waals surface area contributed by atoms with E-state index in [-0.39, 0.29) is 12.8 Å². The third kappa shape index (κ3) is 6.24. The van der Waals surface area contributed by atoms with E-state index in [9.17, 15) is 34.6 Å². The minimum atomic E-state index is -1.00. The molecule has 0 aliphatic rings. The lowest BCUT2D eigenvalue weighted by atomic mass is 10.1. The van der Waals surface area contributed by atoms with Gasteiger partial charge in [-0.3, -0.25) is 45.5 Å². The van der Waals surface area contributed by atoms with Crippen LogP contribution in [0.1, 0.15) is 23.2 Å². The monoisotopic (exact) mass is 435 g/mol. The highest BCUT2D eigenvalue weighted by molar-refractivity contribution is 6.33. The normalized spacial score (nSPS) is 10.0. The molecule has 12 nitrogen and oxygen atoms in total. The number of benzene rings is 2. The van der Waals surface area contributed by atoms with Crippen molar-refractivity contribution in [2.45, 2.75) is 12.8 Å². The minimum Gasteiger partial charge on any atom is -0.325 e. The molecule has 2 aromatic carbocycles. The summed E-state index contributed by atoms with van der Waals surface area (Å²) in [6, 6.07) is 8.87. The SMILES string of the molecule is O=C(CCC(=O)Nc1ccccc1Cl)NNC(=O)c1cc([N+](=O)[O-])cc([N+](=O)[O-])c1. The second kappa shape index (κ2) is 9.93. The zero-order valence-electron chi connectivity index (χ0n) is 15.1. The van der Waals surface area contributed by atoms with E-state index in [1.54, 1.807) is 24.3 Å². The van der Waals surface area contributed by atoms with Crippen molar-refractivity contribution in [3.63, 3.8) is 0 Å². The summed E-state index contributed by atoms with van der Waals surface area (Å²) in [7, 11) is 0. The molecule has 0 unspecified atom stereocenters. The van der Waals surface area contributed by atoms with Crippen molar-refractivity contribution in [3.8, 4) is 0 Å². The Labute approximate surface area is 173 Å². The molecule has 0 atom stereocenters. The highest BCUT2D eigenvalue weighted by Gasteiger charge is 2.20. The Morgan fingerprint density at radius 3 is 2.00 bits per heavy atom. The van der Waals surface area contributed by atoms with Gasteiger partial charge in [0.2, 0.25) is 11.8 Å². The Balaban J connectivity index is 1.89. The van der Waals surface area contributed by atoms with Crippen LogP contribution in [0.4, 0.5) is 17.1 Å². The maximum Gasteiger partial charge on any atom is 0.277 e. The van der Waals surface area contributed by atoms with Gasteiger partial charge >= 0.3 is 0 Å². The molecule has 156 valence electrons. The van der Waals surface area contributed by atoms with Gasteiger partial charge in [0.25, 0.3) is 17.3 Å². The summed E-state index contributed by atoms with van der Waals surface area (Å²) in [5.74, 6) is -2.22. The van der Waals surface area contributed by atoms with Gasteiger partial charge in [-0.05, 0) is 12.1 Å². The zero-order chi connectivity index (χ0) is 22.3. The lowest BCUT2D eigenvalue weighted by Gasteiger charge is -2.08. The number of hydrogen-bond acceptors (Lipinski definition) is 7. The molecule has 0 aliphatic carbocycles. The van der Waals surface area contributed by atoms with Crippen molar-refractivity contribution in [2.24, 2.45) is 0 Å². The largest absolute Gasteiger partial charge is 0.325 e. The first-order chi connectivity index (χ1) is 14.2. The number of non-ortho nitro benzene ring substituents is 2. The van der Waals surface area contributed by atoms with E-state index in [2.05, 4.69) is 5.32 Å². The van der Waals surface area contributed by atoms with Crippen LogP contribution < -0.4 is 16.2 Å². The lowest BCUT2D eigenvalue weighted by molar-refractivity contribution is -0.394. The molecule has 13 heteroatoms. The van der Waals surface area contributed by atoms with E-state index in [1.165, 1.54) is 0 Å². The van der Waals surface area contributed by atoms with Crippen molar-refractivity contribution in [2.75, 3.05) is 5.32 Å². The smallest absolute Gasteiger partial charge is 0.277 e. The van der Waals surface area contributed by atoms with E-state index in [1.807, 2.05) is 10.9 Å². The van der Waals surface area contributed by atoms with Crippen molar-refractivity contribution in [1.29, 1.82) is 0 Å². The van der Waals surface area contributed by atoms with Crippen molar-refractivity contribution in [1.82, 2.24) is 10.9 Å². The van der Waals surface area contributed by atoms with E-state index in [0.717, 1.165) is 12.1 Å². The highest BCUT2D eigenvalue weighted by atomic mass is 35.5. The second-order valence-corrected chi connectivity index (χ2v) is 6.19. The van der Waals surface area contributed by atoms with Crippen LogP contribution in [0.3, 0.4) is 0 Å². The summed E-state index contributed by atoms with van der Waals surface area (Å²) < 4.78 is 0. The van der Waals surface area contributed by atoms with Crippen LogP contribution in [0.25, 0.3) is 0 Å². The first-order valence-electron chi connectivity index (χ1n) is 8.25. The fraction of sp³-hybridized carbons (Fsp3) is 0.118. The fourth-order valence-electron chi connectivity index (χ4n) is 2.20. The number of anilines is 1. The number of nitrogens with zero attached hydrogens (tertiary/aromatic N) is 2. The van der Waals surface area contributed by atoms with Gasteiger partial charge in [-0.15, -0.1) is 0 Å².